The van der Waals surface area contributed by atoms with E-state index < -0.39 is 0 Å². The summed E-state index contributed by atoms with van der Waals surface area (Å²) in [5.41, 5.74) is 2.27. The van der Waals surface area contributed by atoms with E-state index in [9.17, 15) is 4.79 Å². The number of carbonyl (C=O) groups excluding carboxylic acids is 1. The molecule has 2 aromatic heterocycles. The molecule has 1 aliphatic rings. The molecular formula is C28H28ClN5O4. The van der Waals surface area contributed by atoms with Crippen LogP contribution in [0.2, 0.25) is 5.02 Å². The first-order chi connectivity index (χ1) is 18.6. The lowest BCUT2D eigenvalue weighted by Gasteiger charge is -2.21. The third-order valence-corrected chi connectivity index (χ3v) is 6.48. The number of benzene rings is 2. The number of halogens is 1. The fourth-order valence-corrected chi connectivity index (χ4v) is 4.42. The quantitative estimate of drug-likeness (QED) is 0.303. The number of nitrogens with zero attached hydrogens (tertiary/aromatic N) is 4. The van der Waals surface area contributed by atoms with Crippen LogP contribution in [0, 0.1) is 0 Å². The van der Waals surface area contributed by atoms with E-state index in [0.29, 0.717) is 48.7 Å². The zero-order valence-corrected chi connectivity index (χ0v) is 21.7. The summed E-state index contributed by atoms with van der Waals surface area (Å²) < 4.78 is 17.4. The van der Waals surface area contributed by atoms with E-state index in [2.05, 4.69) is 20.3 Å². The lowest BCUT2D eigenvalue weighted by Crippen LogP contribution is -2.38. The van der Waals surface area contributed by atoms with Crippen LogP contribution in [-0.4, -0.2) is 58.7 Å². The Bertz CT molecular complexity index is 1390. The number of nitrogens with one attached hydrogen (secondary N) is 1. The molecule has 1 amide bonds. The Hall–Kier alpha value is -3.95. The minimum Gasteiger partial charge on any atom is -0.491 e. The van der Waals surface area contributed by atoms with Crippen LogP contribution in [0.4, 0.5) is 11.5 Å². The third kappa shape index (κ3) is 6.12. The molecule has 5 rings (SSSR count). The molecule has 38 heavy (non-hydrogen) atoms. The molecular weight excluding hydrogens is 506 g/mol. The Balaban J connectivity index is 1.27. The molecule has 3 heterocycles. The van der Waals surface area contributed by atoms with Crippen molar-refractivity contribution in [2.45, 2.75) is 25.6 Å². The molecule has 2 aromatic carbocycles. The van der Waals surface area contributed by atoms with Crippen LogP contribution >= 0.6 is 11.6 Å². The van der Waals surface area contributed by atoms with E-state index in [1.54, 1.807) is 30.3 Å². The average molecular weight is 534 g/mol. The molecule has 0 spiro atoms. The molecule has 1 saturated heterocycles. The van der Waals surface area contributed by atoms with Crippen molar-refractivity contribution in [3.8, 4) is 11.5 Å². The van der Waals surface area contributed by atoms with Gasteiger partial charge in [-0.15, -0.1) is 0 Å². The van der Waals surface area contributed by atoms with Crippen LogP contribution in [0.1, 0.15) is 18.5 Å². The predicted molar refractivity (Wildman–Crippen MR) is 145 cm³/mol. The number of rotatable bonds is 10. The first-order valence-corrected chi connectivity index (χ1v) is 12.8. The molecule has 1 atom stereocenters. The van der Waals surface area contributed by atoms with Gasteiger partial charge in [-0.05, 0) is 55.3 Å². The van der Waals surface area contributed by atoms with Gasteiger partial charge in [-0.1, -0.05) is 23.7 Å². The highest BCUT2D eigenvalue weighted by Crippen LogP contribution is 2.34. The number of carbonyl (C=O) groups is 1. The Morgan fingerprint density at radius 1 is 1.11 bits per heavy atom. The van der Waals surface area contributed by atoms with Gasteiger partial charge in [0.15, 0.2) is 0 Å². The van der Waals surface area contributed by atoms with Gasteiger partial charge in [-0.25, -0.2) is 9.97 Å². The number of anilines is 2. The molecule has 4 aromatic rings. The SMILES string of the molecule is CN(CCOc1cccc2ncnc(Nc3ccc(OCc4ccccn4)c(Cl)c3)c12)C(=O)C1CCCO1. The average Bonchev–Trinajstić information content (AvgIpc) is 3.48. The molecule has 10 heteroatoms. The summed E-state index contributed by atoms with van der Waals surface area (Å²) in [5, 5.41) is 4.51. The number of fused-ring (bicyclic) bond motifs is 1. The molecule has 0 aliphatic carbocycles. The van der Waals surface area contributed by atoms with E-state index in [0.717, 1.165) is 35.1 Å². The molecule has 1 fully saturated rings. The maximum atomic E-state index is 12.5. The van der Waals surface area contributed by atoms with E-state index in [4.69, 9.17) is 25.8 Å². The molecule has 1 aliphatic heterocycles. The van der Waals surface area contributed by atoms with E-state index in [1.807, 2.05) is 42.5 Å². The van der Waals surface area contributed by atoms with Crippen LogP contribution in [-0.2, 0) is 16.1 Å². The van der Waals surface area contributed by atoms with Crippen molar-refractivity contribution in [2.75, 3.05) is 32.1 Å². The number of amides is 1. The van der Waals surface area contributed by atoms with Crippen LogP contribution in [0.3, 0.4) is 0 Å². The Labute approximate surface area is 225 Å². The summed E-state index contributed by atoms with van der Waals surface area (Å²) in [7, 11) is 1.76. The van der Waals surface area contributed by atoms with Crippen LogP contribution in [0.5, 0.6) is 11.5 Å². The second-order valence-corrected chi connectivity index (χ2v) is 9.27. The topological polar surface area (TPSA) is 98.7 Å². The fourth-order valence-electron chi connectivity index (χ4n) is 4.18. The number of aromatic nitrogens is 3. The van der Waals surface area contributed by atoms with E-state index >= 15 is 0 Å². The van der Waals surface area contributed by atoms with Crippen molar-refractivity contribution in [3.05, 3.63) is 77.8 Å². The summed E-state index contributed by atoms with van der Waals surface area (Å²) in [6, 6.07) is 16.7. The largest absolute Gasteiger partial charge is 0.491 e. The lowest BCUT2D eigenvalue weighted by atomic mass is 10.2. The summed E-state index contributed by atoms with van der Waals surface area (Å²) >= 11 is 6.50. The minimum atomic E-state index is -0.347. The Kier molecular flexibility index (Phi) is 8.15. The second-order valence-electron chi connectivity index (χ2n) is 8.86. The highest BCUT2D eigenvalue weighted by molar-refractivity contribution is 6.32. The van der Waals surface area contributed by atoms with Crippen molar-refractivity contribution in [1.29, 1.82) is 0 Å². The van der Waals surface area contributed by atoms with Gasteiger partial charge in [0.25, 0.3) is 5.91 Å². The zero-order valence-electron chi connectivity index (χ0n) is 21.0. The second kappa shape index (κ2) is 12.1. The summed E-state index contributed by atoms with van der Waals surface area (Å²) in [4.78, 5) is 27.3. The maximum absolute atomic E-state index is 12.5. The summed E-state index contributed by atoms with van der Waals surface area (Å²) in [6.45, 7) is 1.70. The Morgan fingerprint density at radius 3 is 2.82 bits per heavy atom. The highest BCUT2D eigenvalue weighted by Gasteiger charge is 2.26. The normalized spacial score (nSPS) is 14.8. The number of pyridine rings is 1. The molecule has 0 bridgehead atoms. The van der Waals surface area contributed by atoms with Gasteiger partial charge in [0.1, 0.15) is 43.0 Å². The molecule has 0 saturated carbocycles. The lowest BCUT2D eigenvalue weighted by molar-refractivity contribution is -0.139. The molecule has 9 nitrogen and oxygen atoms in total. The number of hydrogen-bond acceptors (Lipinski definition) is 8. The van der Waals surface area contributed by atoms with Gasteiger partial charge in [0.2, 0.25) is 0 Å². The van der Waals surface area contributed by atoms with Gasteiger partial charge in [0.05, 0.1) is 28.2 Å². The monoisotopic (exact) mass is 533 g/mol. The third-order valence-electron chi connectivity index (χ3n) is 6.19. The number of ether oxygens (including phenoxy) is 3. The van der Waals surface area contributed by atoms with Crippen molar-refractivity contribution in [1.82, 2.24) is 19.9 Å². The standard InChI is InChI=1S/C28H28ClN5O4/c1-34(28(35)25-9-5-14-36-25)13-15-37-24-8-4-7-22-26(24)27(32-18-31-22)33-19-10-11-23(21(29)16-19)38-17-20-6-2-3-12-30-20/h2-4,6-8,10-12,16,18,25H,5,9,13-15,17H2,1H3,(H,31,32,33). The number of likely N-dealkylation sites (N-methyl/N-ethyl adjacent to an activating group) is 1. The van der Waals surface area contributed by atoms with Crippen molar-refractivity contribution < 1.29 is 19.0 Å². The van der Waals surface area contributed by atoms with Gasteiger partial charge in [-0.2, -0.15) is 0 Å². The zero-order chi connectivity index (χ0) is 26.3. The summed E-state index contributed by atoms with van der Waals surface area (Å²) in [6.07, 6.45) is 4.55. The Morgan fingerprint density at radius 2 is 2.03 bits per heavy atom. The predicted octanol–water partition coefficient (Wildman–Crippen LogP) is 5.02. The van der Waals surface area contributed by atoms with E-state index in [1.165, 1.54) is 6.33 Å². The maximum Gasteiger partial charge on any atom is 0.251 e. The molecule has 1 N–H and O–H groups in total. The van der Waals surface area contributed by atoms with Crippen LogP contribution in [0.15, 0.2) is 67.1 Å². The van der Waals surface area contributed by atoms with Gasteiger partial charge >= 0.3 is 0 Å². The molecule has 196 valence electrons. The first kappa shape index (κ1) is 25.7. The van der Waals surface area contributed by atoms with Gasteiger partial charge in [0, 0.05) is 25.5 Å². The van der Waals surface area contributed by atoms with Crippen LogP contribution < -0.4 is 14.8 Å². The molecule has 0 radical (unpaired) electrons. The van der Waals surface area contributed by atoms with Crippen molar-refractivity contribution in [2.24, 2.45) is 0 Å². The van der Waals surface area contributed by atoms with E-state index in [-0.39, 0.29) is 12.0 Å². The van der Waals surface area contributed by atoms with Crippen molar-refractivity contribution in [3.63, 3.8) is 0 Å². The summed E-state index contributed by atoms with van der Waals surface area (Å²) in [5.74, 6) is 1.73. The van der Waals surface area contributed by atoms with Gasteiger partial charge < -0.3 is 24.4 Å². The molecule has 1 unspecified atom stereocenters. The fraction of sp³-hybridized carbons (Fsp3) is 0.286. The first-order valence-electron chi connectivity index (χ1n) is 12.4. The van der Waals surface area contributed by atoms with Gasteiger partial charge in [-0.3, -0.25) is 9.78 Å². The van der Waals surface area contributed by atoms with Crippen molar-refractivity contribution >= 4 is 39.9 Å². The van der Waals surface area contributed by atoms with Crippen LogP contribution in [0.25, 0.3) is 10.9 Å². The smallest absolute Gasteiger partial charge is 0.251 e. The minimum absolute atomic E-state index is 0.0148. The highest BCUT2D eigenvalue weighted by atomic mass is 35.5. The number of hydrogen-bond donors (Lipinski definition) is 1.